The molecule has 0 aliphatic heterocycles. The largest absolute Gasteiger partial charge is 0.168 e. The molecule has 0 atom stereocenters. The first kappa shape index (κ1) is 12.5. The second kappa shape index (κ2) is 4.72. The van der Waals surface area contributed by atoms with Gasteiger partial charge in [-0.2, -0.15) is 0 Å². The van der Waals surface area contributed by atoms with Crippen LogP contribution in [0, 0.1) is 13.8 Å². The summed E-state index contributed by atoms with van der Waals surface area (Å²) in [5.41, 5.74) is 4.19. The maximum atomic E-state index is 6.46. The van der Waals surface area contributed by atoms with Crippen LogP contribution < -0.4 is 0 Å². The minimum absolute atomic E-state index is 0.898. The first-order valence-electron chi connectivity index (χ1n) is 5.52. The Labute approximate surface area is 112 Å². The fourth-order valence-electron chi connectivity index (χ4n) is 1.69. The minimum atomic E-state index is -0.985. The fraction of sp³-hybridized carbons (Fsp3) is 0.200. The van der Waals surface area contributed by atoms with Crippen molar-refractivity contribution >= 4 is 23.2 Å². The molecule has 0 saturated heterocycles. The highest BCUT2D eigenvalue weighted by atomic mass is 35.5. The summed E-state index contributed by atoms with van der Waals surface area (Å²) in [6.07, 6.45) is 0. The van der Waals surface area contributed by atoms with Gasteiger partial charge in [0.15, 0.2) is 4.33 Å². The maximum absolute atomic E-state index is 6.46. The molecule has 0 aliphatic rings. The molecule has 0 heterocycles. The predicted molar refractivity (Wildman–Crippen MR) is 74.8 cm³/mol. The Morgan fingerprint density at radius 2 is 0.941 bits per heavy atom. The average Bonchev–Trinajstić information content (AvgIpc) is 2.30. The molecule has 0 nitrogen and oxygen atoms in total. The van der Waals surface area contributed by atoms with E-state index >= 15 is 0 Å². The van der Waals surface area contributed by atoms with Crippen molar-refractivity contribution in [3.05, 3.63) is 70.8 Å². The summed E-state index contributed by atoms with van der Waals surface area (Å²) in [6, 6.07) is 15.9. The van der Waals surface area contributed by atoms with Crippen LogP contribution in [0.3, 0.4) is 0 Å². The lowest BCUT2D eigenvalue weighted by Gasteiger charge is -2.21. The number of hydrogen-bond donors (Lipinski definition) is 0. The smallest absolute Gasteiger partial charge is 0.0909 e. The van der Waals surface area contributed by atoms with Gasteiger partial charge in [0.05, 0.1) is 0 Å². The van der Waals surface area contributed by atoms with Crippen LogP contribution in [0.15, 0.2) is 48.5 Å². The summed E-state index contributed by atoms with van der Waals surface area (Å²) < 4.78 is -0.985. The van der Waals surface area contributed by atoms with E-state index < -0.39 is 4.33 Å². The number of rotatable bonds is 2. The Balaban J connectivity index is 2.41. The molecule has 0 radical (unpaired) electrons. The molecule has 0 N–H and O–H groups in total. The van der Waals surface area contributed by atoms with Crippen molar-refractivity contribution in [1.29, 1.82) is 0 Å². The third-order valence-corrected chi connectivity index (χ3v) is 3.70. The second-order valence-electron chi connectivity index (χ2n) is 4.31. The molecule has 0 spiro atoms. The van der Waals surface area contributed by atoms with Gasteiger partial charge in [0, 0.05) is 0 Å². The number of benzene rings is 2. The van der Waals surface area contributed by atoms with E-state index in [4.69, 9.17) is 23.2 Å². The van der Waals surface area contributed by atoms with E-state index in [1.807, 2.05) is 62.4 Å². The van der Waals surface area contributed by atoms with Gasteiger partial charge in [0.2, 0.25) is 0 Å². The zero-order chi connectivity index (χ0) is 12.5. The third kappa shape index (κ3) is 2.65. The van der Waals surface area contributed by atoms with Gasteiger partial charge in [-0.25, -0.2) is 0 Å². The average molecular weight is 265 g/mol. The Hall–Kier alpha value is -0.980. The van der Waals surface area contributed by atoms with E-state index in [1.54, 1.807) is 0 Å². The van der Waals surface area contributed by atoms with Gasteiger partial charge in [-0.3, -0.25) is 0 Å². The summed E-state index contributed by atoms with van der Waals surface area (Å²) >= 11 is 12.9. The van der Waals surface area contributed by atoms with Crippen LogP contribution in [0.5, 0.6) is 0 Å². The van der Waals surface area contributed by atoms with E-state index in [0.717, 1.165) is 11.1 Å². The van der Waals surface area contributed by atoms with Crippen LogP contribution in [-0.4, -0.2) is 0 Å². The van der Waals surface area contributed by atoms with Gasteiger partial charge < -0.3 is 0 Å². The summed E-state index contributed by atoms with van der Waals surface area (Å²) in [4.78, 5) is 0. The molecule has 2 aromatic rings. The van der Waals surface area contributed by atoms with Crippen LogP contribution in [0.4, 0.5) is 0 Å². The van der Waals surface area contributed by atoms with Gasteiger partial charge in [-0.1, -0.05) is 82.9 Å². The number of alkyl halides is 2. The molecule has 0 unspecified atom stereocenters. The molecule has 0 amide bonds. The minimum Gasteiger partial charge on any atom is -0.0909 e. The molecule has 2 aromatic carbocycles. The first-order chi connectivity index (χ1) is 8.00. The van der Waals surface area contributed by atoms with E-state index in [2.05, 4.69) is 0 Å². The van der Waals surface area contributed by atoms with Gasteiger partial charge in [-0.15, -0.1) is 0 Å². The molecule has 0 aromatic heterocycles. The highest BCUT2D eigenvalue weighted by Gasteiger charge is 2.28. The number of hydrogen-bond acceptors (Lipinski definition) is 0. The Morgan fingerprint density at radius 3 is 1.24 bits per heavy atom. The van der Waals surface area contributed by atoms with Gasteiger partial charge in [0.25, 0.3) is 0 Å². The van der Waals surface area contributed by atoms with Crippen molar-refractivity contribution in [2.45, 2.75) is 18.2 Å². The summed E-state index contributed by atoms with van der Waals surface area (Å²) in [5, 5.41) is 0. The molecule has 17 heavy (non-hydrogen) atoms. The molecular weight excluding hydrogens is 251 g/mol. The van der Waals surface area contributed by atoms with E-state index in [1.165, 1.54) is 11.1 Å². The number of halogens is 2. The standard InChI is InChI=1S/C15H14Cl2/c1-11-3-7-13(8-4-11)15(16,17)14-9-5-12(2)6-10-14/h3-10H,1-2H3. The molecule has 88 valence electrons. The van der Waals surface area contributed by atoms with Crippen molar-refractivity contribution in [3.63, 3.8) is 0 Å². The lowest BCUT2D eigenvalue weighted by molar-refractivity contribution is 1.03. The molecule has 0 bridgehead atoms. The second-order valence-corrected chi connectivity index (χ2v) is 5.63. The lowest BCUT2D eigenvalue weighted by atomic mass is 10.0. The first-order valence-corrected chi connectivity index (χ1v) is 6.28. The van der Waals surface area contributed by atoms with Crippen LogP contribution >= 0.6 is 23.2 Å². The molecule has 2 rings (SSSR count). The Morgan fingerprint density at radius 1 is 0.647 bits per heavy atom. The van der Waals surface area contributed by atoms with Crippen LogP contribution in [0.2, 0.25) is 0 Å². The Bertz CT molecular complexity index is 448. The number of aryl methyl sites for hydroxylation is 2. The van der Waals surface area contributed by atoms with Crippen LogP contribution in [-0.2, 0) is 4.33 Å². The molecule has 0 aliphatic carbocycles. The van der Waals surface area contributed by atoms with Crippen LogP contribution in [0.25, 0.3) is 0 Å². The van der Waals surface area contributed by atoms with Gasteiger partial charge >= 0.3 is 0 Å². The van der Waals surface area contributed by atoms with Crippen molar-refractivity contribution in [3.8, 4) is 0 Å². The van der Waals surface area contributed by atoms with E-state index in [9.17, 15) is 0 Å². The fourth-order valence-corrected chi connectivity index (χ4v) is 2.20. The summed E-state index contributed by atoms with van der Waals surface area (Å²) in [6.45, 7) is 4.08. The van der Waals surface area contributed by atoms with Crippen molar-refractivity contribution < 1.29 is 0 Å². The summed E-state index contributed by atoms with van der Waals surface area (Å²) in [7, 11) is 0. The zero-order valence-electron chi connectivity index (χ0n) is 9.87. The topological polar surface area (TPSA) is 0 Å². The van der Waals surface area contributed by atoms with Gasteiger partial charge in [0.1, 0.15) is 0 Å². The monoisotopic (exact) mass is 264 g/mol. The Kier molecular flexibility index (Phi) is 3.46. The molecule has 0 fully saturated rings. The van der Waals surface area contributed by atoms with Crippen LogP contribution in [0.1, 0.15) is 22.3 Å². The quantitative estimate of drug-likeness (QED) is 0.671. The van der Waals surface area contributed by atoms with Crippen molar-refractivity contribution in [2.75, 3.05) is 0 Å². The highest BCUT2D eigenvalue weighted by Crippen LogP contribution is 2.40. The summed E-state index contributed by atoms with van der Waals surface area (Å²) in [5.74, 6) is 0. The SMILES string of the molecule is Cc1ccc(C(Cl)(Cl)c2ccc(C)cc2)cc1. The van der Waals surface area contributed by atoms with Crippen molar-refractivity contribution in [1.82, 2.24) is 0 Å². The maximum Gasteiger partial charge on any atom is 0.168 e. The molecular formula is C15H14Cl2. The highest BCUT2D eigenvalue weighted by molar-refractivity contribution is 6.50. The predicted octanol–water partition coefficient (Wildman–Crippen LogP) is 4.98. The zero-order valence-corrected chi connectivity index (χ0v) is 11.4. The third-order valence-electron chi connectivity index (χ3n) is 2.83. The van der Waals surface area contributed by atoms with Gasteiger partial charge in [-0.05, 0) is 25.0 Å². The van der Waals surface area contributed by atoms with E-state index in [-0.39, 0.29) is 0 Å². The molecule has 2 heteroatoms. The normalized spacial score (nSPS) is 11.5. The van der Waals surface area contributed by atoms with Crippen molar-refractivity contribution in [2.24, 2.45) is 0 Å². The van der Waals surface area contributed by atoms with E-state index in [0.29, 0.717) is 0 Å². The lowest BCUT2D eigenvalue weighted by Crippen LogP contribution is -2.12. The molecule has 0 saturated carbocycles.